The molecule has 3 heterocycles. The Morgan fingerprint density at radius 2 is 2.09 bits per heavy atom. The highest BCUT2D eigenvalue weighted by Gasteiger charge is 2.16. The average molecular weight is 351 g/mol. The summed E-state index contributed by atoms with van der Waals surface area (Å²) in [6.45, 7) is 10.3. The van der Waals surface area contributed by atoms with E-state index >= 15 is 0 Å². The molecule has 124 valence electrons. The minimum atomic E-state index is -0.00978. The number of imidazole rings is 1. The molecule has 0 bridgehead atoms. The average Bonchev–Trinajstić information content (AvgIpc) is 3.13. The van der Waals surface area contributed by atoms with Gasteiger partial charge in [-0.2, -0.15) is 0 Å². The summed E-state index contributed by atoms with van der Waals surface area (Å²) in [6, 6.07) is 2.89. The molecule has 7 heteroatoms. The first kappa shape index (κ1) is 16.4. The quantitative estimate of drug-likeness (QED) is 0.741. The summed E-state index contributed by atoms with van der Waals surface area (Å²) >= 11 is 3.06. The van der Waals surface area contributed by atoms with Gasteiger partial charge in [-0.05, 0) is 33.8 Å². The Hall–Kier alpha value is -1.44. The lowest BCUT2D eigenvalue weighted by atomic mass is 10.2. The van der Waals surface area contributed by atoms with Crippen LogP contribution in [0.15, 0.2) is 17.6 Å². The molecular weight excluding hydrogens is 328 g/mol. The monoisotopic (exact) mass is 350 g/mol. The Morgan fingerprint density at radius 1 is 1.35 bits per heavy atom. The molecule has 3 rings (SSSR count). The molecule has 5 nitrogen and oxygen atoms in total. The summed E-state index contributed by atoms with van der Waals surface area (Å²) in [5.74, 6) is -0.00978. The molecule has 1 N–H and O–H groups in total. The number of carbonyl (C=O) groups is 1. The molecule has 0 unspecified atom stereocenters. The lowest BCUT2D eigenvalue weighted by Crippen LogP contribution is -2.42. The van der Waals surface area contributed by atoms with E-state index in [1.54, 1.807) is 11.3 Å². The summed E-state index contributed by atoms with van der Waals surface area (Å²) in [7, 11) is 0. The third kappa shape index (κ3) is 3.27. The maximum Gasteiger partial charge on any atom is 0.261 e. The minimum absolute atomic E-state index is 0.00978. The molecule has 0 saturated heterocycles. The highest BCUT2D eigenvalue weighted by atomic mass is 32.1. The number of nitrogens with zero attached hydrogens (tertiary/aromatic N) is 3. The maximum atomic E-state index is 12.4. The Bertz CT molecular complexity index is 806. The van der Waals surface area contributed by atoms with Crippen molar-refractivity contribution in [3.8, 4) is 0 Å². The molecule has 23 heavy (non-hydrogen) atoms. The van der Waals surface area contributed by atoms with Crippen LogP contribution in [0.25, 0.3) is 15.3 Å². The zero-order valence-electron chi connectivity index (χ0n) is 13.9. The van der Waals surface area contributed by atoms with Crippen LogP contribution in [0.1, 0.15) is 37.4 Å². The molecule has 0 fully saturated rings. The Labute approximate surface area is 143 Å². The Kier molecular flexibility index (Phi) is 4.70. The second kappa shape index (κ2) is 6.59. The number of aromatic nitrogens is 2. The zero-order chi connectivity index (χ0) is 16.6. The minimum Gasteiger partial charge on any atom is -0.350 e. The molecule has 0 spiro atoms. The molecular formula is C16H22N4OS2. The molecule has 0 aromatic carbocycles. The van der Waals surface area contributed by atoms with Gasteiger partial charge in [0, 0.05) is 36.8 Å². The second-order valence-corrected chi connectivity index (χ2v) is 8.05. The predicted octanol–water partition coefficient (Wildman–Crippen LogP) is 3.46. The van der Waals surface area contributed by atoms with E-state index < -0.39 is 0 Å². The van der Waals surface area contributed by atoms with E-state index in [-0.39, 0.29) is 5.91 Å². The standard InChI is InChI=1S/C16H22N4OS2/c1-10(2)19(11(3)4)6-5-17-14(21)13-9-12-15(23-13)18-16-20(12)7-8-22-16/h7-11H,5-6H2,1-4H3,(H,17,21). The van der Waals surface area contributed by atoms with Crippen molar-refractivity contribution < 1.29 is 4.79 Å². The summed E-state index contributed by atoms with van der Waals surface area (Å²) in [5, 5.41) is 5.03. The van der Waals surface area contributed by atoms with E-state index in [0.717, 1.165) is 26.7 Å². The lowest BCUT2D eigenvalue weighted by molar-refractivity contribution is 0.0943. The van der Waals surface area contributed by atoms with Crippen LogP contribution in [0.2, 0.25) is 0 Å². The van der Waals surface area contributed by atoms with E-state index in [4.69, 9.17) is 0 Å². The van der Waals surface area contributed by atoms with Crippen molar-refractivity contribution in [1.82, 2.24) is 19.6 Å². The van der Waals surface area contributed by atoms with Gasteiger partial charge in [0.2, 0.25) is 0 Å². The first-order valence-electron chi connectivity index (χ1n) is 7.86. The fourth-order valence-electron chi connectivity index (χ4n) is 2.86. The van der Waals surface area contributed by atoms with Gasteiger partial charge in [0.05, 0.1) is 10.4 Å². The molecule has 0 aliphatic rings. The number of rotatable bonds is 6. The number of nitrogens with one attached hydrogen (secondary N) is 1. The van der Waals surface area contributed by atoms with Crippen molar-refractivity contribution in [3.05, 3.63) is 22.5 Å². The highest BCUT2D eigenvalue weighted by molar-refractivity contribution is 7.21. The van der Waals surface area contributed by atoms with Crippen LogP contribution in [-0.2, 0) is 0 Å². The van der Waals surface area contributed by atoms with Crippen LogP contribution >= 0.6 is 22.7 Å². The smallest absolute Gasteiger partial charge is 0.261 e. The number of carbonyl (C=O) groups excluding carboxylic acids is 1. The number of hydrogen-bond donors (Lipinski definition) is 1. The fraction of sp³-hybridized carbons (Fsp3) is 0.500. The predicted molar refractivity (Wildman–Crippen MR) is 97.8 cm³/mol. The summed E-state index contributed by atoms with van der Waals surface area (Å²) < 4.78 is 2.03. The first-order chi connectivity index (χ1) is 11.0. The zero-order valence-corrected chi connectivity index (χ0v) is 15.5. The molecule has 3 aromatic rings. The van der Waals surface area contributed by atoms with Crippen LogP contribution in [-0.4, -0.2) is 45.4 Å². The SMILES string of the molecule is CC(C)N(CCNC(=O)c1cc2c(nc3sccn32)s1)C(C)C. The lowest BCUT2D eigenvalue weighted by Gasteiger charge is -2.30. The summed E-state index contributed by atoms with van der Waals surface area (Å²) in [4.78, 5) is 21.9. The van der Waals surface area contributed by atoms with Crippen LogP contribution in [0.4, 0.5) is 0 Å². The molecule has 3 aromatic heterocycles. The van der Waals surface area contributed by atoms with E-state index in [2.05, 4.69) is 42.9 Å². The third-order valence-electron chi connectivity index (χ3n) is 3.95. The van der Waals surface area contributed by atoms with Gasteiger partial charge in [0.25, 0.3) is 5.91 Å². The molecule has 0 aliphatic carbocycles. The number of hydrogen-bond acceptors (Lipinski definition) is 5. The third-order valence-corrected chi connectivity index (χ3v) is 5.72. The summed E-state index contributed by atoms with van der Waals surface area (Å²) in [5.41, 5.74) is 1.02. The van der Waals surface area contributed by atoms with Crippen LogP contribution in [0.3, 0.4) is 0 Å². The van der Waals surface area contributed by atoms with Crippen molar-refractivity contribution in [1.29, 1.82) is 0 Å². The summed E-state index contributed by atoms with van der Waals surface area (Å²) in [6.07, 6.45) is 1.99. The Balaban J connectivity index is 1.65. The van der Waals surface area contributed by atoms with Crippen LogP contribution in [0.5, 0.6) is 0 Å². The number of fused-ring (bicyclic) bond motifs is 3. The fourth-order valence-corrected chi connectivity index (χ4v) is 4.57. The Morgan fingerprint density at radius 3 is 2.78 bits per heavy atom. The molecule has 0 aliphatic heterocycles. The van der Waals surface area contributed by atoms with Gasteiger partial charge in [0.1, 0.15) is 4.83 Å². The van der Waals surface area contributed by atoms with Crippen molar-refractivity contribution >= 4 is 43.9 Å². The van der Waals surface area contributed by atoms with E-state index in [9.17, 15) is 4.79 Å². The van der Waals surface area contributed by atoms with Gasteiger partial charge in [0.15, 0.2) is 4.96 Å². The largest absolute Gasteiger partial charge is 0.350 e. The molecule has 0 saturated carbocycles. The van der Waals surface area contributed by atoms with Gasteiger partial charge in [-0.15, -0.1) is 22.7 Å². The molecule has 0 atom stereocenters. The topological polar surface area (TPSA) is 49.6 Å². The van der Waals surface area contributed by atoms with E-state index in [1.165, 1.54) is 11.3 Å². The maximum absolute atomic E-state index is 12.4. The molecule has 0 radical (unpaired) electrons. The first-order valence-corrected chi connectivity index (χ1v) is 9.56. The van der Waals surface area contributed by atoms with Crippen molar-refractivity contribution in [3.63, 3.8) is 0 Å². The van der Waals surface area contributed by atoms with Crippen molar-refractivity contribution in [2.45, 2.75) is 39.8 Å². The second-order valence-electron chi connectivity index (χ2n) is 6.15. The van der Waals surface area contributed by atoms with Crippen molar-refractivity contribution in [2.75, 3.05) is 13.1 Å². The van der Waals surface area contributed by atoms with Gasteiger partial charge in [-0.3, -0.25) is 14.1 Å². The van der Waals surface area contributed by atoms with Gasteiger partial charge >= 0.3 is 0 Å². The van der Waals surface area contributed by atoms with Crippen molar-refractivity contribution in [2.24, 2.45) is 0 Å². The van der Waals surface area contributed by atoms with E-state index in [0.29, 0.717) is 18.6 Å². The van der Waals surface area contributed by atoms with Gasteiger partial charge in [-0.25, -0.2) is 4.98 Å². The van der Waals surface area contributed by atoms with E-state index in [1.807, 2.05) is 22.0 Å². The number of thiophene rings is 1. The molecule has 1 amide bonds. The van der Waals surface area contributed by atoms with Crippen LogP contribution in [0, 0.1) is 0 Å². The van der Waals surface area contributed by atoms with Gasteiger partial charge in [-0.1, -0.05) is 0 Å². The highest BCUT2D eigenvalue weighted by Crippen LogP contribution is 2.28. The normalized spacial score (nSPS) is 12.3. The van der Waals surface area contributed by atoms with Gasteiger partial charge < -0.3 is 5.32 Å². The number of thiazole rings is 1. The van der Waals surface area contributed by atoms with Crippen LogP contribution < -0.4 is 5.32 Å². The number of amides is 1.